The summed E-state index contributed by atoms with van der Waals surface area (Å²) in [6, 6.07) is 0. The third-order valence-corrected chi connectivity index (χ3v) is 5.95. The predicted octanol–water partition coefficient (Wildman–Crippen LogP) is 4.89. The molecular formula is C19H31ClO3. The maximum atomic E-state index is 12.3. The molecule has 3 nitrogen and oxygen atoms in total. The molecule has 0 spiro atoms. The van der Waals surface area contributed by atoms with Crippen molar-refractivity contribution in [2.24, 2.45) is 17.8 Å². The topological polar surface area (TPSA) is 43.4 Å². The highest BCUT2D eigenvalue weighted by Crippen LogP contribution is 2.34. The van der Waals surface area contributed by atoms with Crippen LogP contribution in [0.2, 0.25) is 0 Å². The second kappa shape index (κ2) is 9.66. The van der Waals surface area contributed by atoms with Crippen molar-refractivity contribution in [3.8, 4) is 0 Å². The maximum absolute atomic E-state index is 12.3. The summed E-state index contributed by atoms with van der Waals surface area (Å²) in [7, 11) is 0. The van der Waals surface area contributed by atoms with Crippen LogP contribution < -0.4 is 0 Å². The fourth-order valence-electron chi connectivity index (χ4n) is 4.10. The largest absolute Gasteiger partial charge is 0.462 e. The van der Waals surface area contributed by atoms with Crippen LogP contribution in [-0.4, -0.2) is 23.7 Å². The molecule has 0 aromatic rings. The Morgan fingerprint density at radius 1 is 0.957 bits per heavy atom. The van der Waals surface area contributed by atoms with Crippen molar-refractivity contribution in [3.05, 3.63) is 0 Å². The van der Waals surface area contributed by atoms with Gasteiger partial charge < -0.3 is 4.74 Å². The molecule has 4 heteroatoms. The molecule has 2 rings (SSSR count). The van der Waals surface area contributed by atoms with Gasteiger partial charge in [0.25, 0.3) is 0 Å². The van der Waals surface area contributed by atoms with E-state index in [-0.39, 0.29) is 23.9 Å². The molecule has 2 fully saturated rings. The molecule has 0 unspecified atom stereocenters. The first-order valence-corrected chi connectivity index (χ1v) is 9.96. The molecule has 0 N–H and O–H groups in total. The van der Waals surface area contributed by atoms with Crippen LogP contribution in [0, 0.1) is 17.8 Å². The van der Waals surface area contributed by atoms with Gasteiger partial charge in [-0.1, -0.05) is 6.92 Å². The first-order valence-electron chi connectivity index (χ1n) is 9.43. The van der Waals surface area contributed by atoms with Gasteiger partial charge in [-0.3, -0.25) is 9.59 Å². The number of carbonyl (C=O) groups excluding carboxylic acids is 2. The van der Waals surface area contributed by atoms with Crippen molar-refractivity contribution in [3.63, 3.8) is 0 Å². The van der Waals surface area contributed by atoms with Gasteiger partial charge in [0.2, 0.25) is 0 Å². The van der Waals surface area contributed by atoms with Crippen molar-refractivity contribution < 1.29 is 14.3 Å². The summed E-state index contributed by atoms with van der Waals surface area (Å²) >= 11 is 5.75. The summed E-state index contributed by atoms with van der Waals surface area (Å²) in [6.45, 7) is 1.93. The molecule has 23 heavy (non-hydrogen) atoms. The Morgan fingerprint density at radius 3 is 2.13 bits per heavy atom. The van der Waals surface area contributed by atoms with Crippen molar-refractivity contribution in [1.29, 1.82) is 0 Å². The minimum absolute atomic E-state index is 0.00561. The van der Waals surface area contributed by atoms with E-state index < -0.39 is 0 Å². The molecule has 0 aromatic heterocycles. The van der Waals surface area contributed by atoms with Crippen molar-refractivity contribution >= 4 is 23.4 Å². The number of halogens is 1. The highest BCUT2D eigenvalue weighted by Gasteiger charge is 2.31. The fourth-order valence-corrected chi connectivity index (χ4v) is 4.26. The van der Waals surface area contributed by atoms with Crippen LogP contribution in [0.3, 0.4) is 0 Å². The normalized spacial score (nSPS) is 31.6. The van der Waals surface area contributed by atoms with Gasteiger partial charge >= 0.3 is 5.97 Å². The molecule has 0 aliphatic heterocycles. The SMILES string of the molecule is CCC(=O)C1CCC(OC(=O)C2CCC(CCCCl)CC2)CC1. The molecule has 132 valence electrons. The first-order chi connectivity index (χ1) is 11.1. The summed E-state index contributed by atoms with van der Waals surface area (Å²) in [5.41, 5.74) is 0. The third-order valence-electron chi connectivity index (χ3n) is 5.69. The van der Waals surface area contributed by atoms with Gasteiger partial charge in [-0.2, -0.15) is 0 Å². The second-order valence-corrected chi connectivity index (χ2v) is 7.66. The van der Waals surface area contributed by atoms with Gasteiger partial charge in [0.05, 0.1) is 5.92 Å². The number of hydrogen-bond donors (Lipinski definition) is 0. The van der Waals surface area contributed by atoms with Gasteiger partial charge in [-0.15, -0.1) is 11.6 Å². The zero-order valence-electron chi connectivity index (χ0n) is 14.4. The molecule has 0 atom stereocenters. The Morgan fingerprint density at radius 2 is 1.57 bits per heavy atom. The van der Waals surface area contributed by atoms with Crippen molar-refractivity contribution in [2.75, 3.05) is 5.88 Å². The number of Topliss-reactive ketones (excluding diaryl/α,β-unsaturated/α-hetero) is 1. The molecule has 0 saturated heterocycles. The summed E-state index contributed by atoms with van der Waals surface area (Å²) in [4.78, 5) is 24.1. The van der Waals surface area contributed by atoms with Crippen LogP contribution in [0.1, 0.15) is 77.6 Å². The number of hydrogen-bond acceptors (Lipinski definition) is 3. The highest BCUT2D eigenvalue weighted by molar-refractivity contribution is 6.17. The minimum atomic E-state index is 0.00561. The predicted molar refractivity (Wildman–Crippen MR) is 92.5 cm³/mol. The molecule has 2 aliphatic carbocycles. The number of ketones is 1. The van der Waals surface area contributed by atoms with Crippen LogP contribution in [0.5, 0.6) is 0 Å². The maximum Gasteiger partial charge on any atom is 0.309 e. The van der Waals surface area contributed by atoms with E-state index in [9.17, 15) is 9.59 Å². The average molecular weight is 343 g/mol. The van der Waals surface area contributed by atoms with E-state index in [1.54, 1.807) is 0 Å². The van der Waals surface area contributed by atoms with Gasteiger partial charge in [-0.25, -0.2) is 0 Å². The quantitative estimate of drug-likeness (QED) is 0.488. The van der Waals surface area contributed by atoms with Gasteiger partial charge in [0.1, 0.15) is 11.9 Å². The zero-order valence-corrected chi connectivity index (χ0v) is 15.2. The summed E-state index contributed by atoms with van der Waals surface area (Å²) in [5, 5.41) is 0. The molecule has 2 aliphatic rings. The van der Waals surface area contributed by atoms with Crippen molar-refractivity contribution in [2.45, 2.75) is 83.7 Å². The molecule has 0 amide bonds. The number of rotatable bonds is 7. The van der Waals surface area contributed by atoms with Crippen LogP contribution in [0.4, 0.5) is 0 Å². The summed E-state index contributed by atoms with van der Waals surface area (Å²) in [5.74, 6) is 2.15. The Bertz CT molecular complexity index is 380. The Labute approximate surface area is 145 Å². The summed E-state index contributed by atoms with van der Waals surface area (Å²) in [6.07, 6.45) is 10.6. The van der Waals surface area contributed by atoms with Crippen molar-refractivity contribution in [1.82, 2.24) is 0 Å². The lowest BCUT2D eigenvalue weighted by Gasteiger charge is -2.31. The number of esters is 1. The molecule has 0 aromatic carbocycles. The molecule has 0 heterocycles. The monoisotopic (exact) mass is 342 g/mol. The molecular weight excluding hydrogens is 312 g/mol. The fraction of sp³-hybridized carbons (Fsp3) is 0.895. The zero-order chi connectivity index (χ0) is 16.7. The van der Waals surface area contributed by atoms with E-state index in [1.165, 1.54) is 6.42 Å². The highest BCUT2D eigenvalue weighted by atomic mass is 35.5. The van der Waals surface area contributed by atoms with Gasteiger partial charge in [0, 0.05) is 18.2 Å². The van der Waals surface area contributed by atoms with Crippen LogP contribution in [0.25, 0.3) is 0 Å². The first kappa shape index (κ1) is 18.8. The Kier molecular flexibility index (Phi) is 7.88. The second-order valence-electron chi connectivity index (χ2n) is 7.28. The molecule has 0 bridgehead atoms. The van der Waals surface area contributed by atoms with E-state index in [2.05, 4.69) is 0 Å². The number of carbonyl (C=O) groups is 2. The van der Waals surface area contributed by atoms with Gasteiger partial charge in [-0.05, 0) is 70.1 Å². The van der Waals surface area contributed by atoms with E-state index in [1.807, 2.05) is 6.92 Å². The van der Waals surface area contributed by atoms with Crippen LogP contribution in [0.15, 0.2) is 0 Å². The summed E-state index contributed by atoms with van der Waals surface area (Å²) < 4.78 is 5.74. The lowest BCUT2D eigenvalue weighted by molar-refractivity contribution is -0.157. The lowest BCUT2D eigenvalue weighted by atomic mass is 9.80. The standard InChI is InChI=1S/C19H31ClO3/c1-2-18(21)15-9-11-17(12-10-15)23-19(22)16-7-5-14(6-8-16)4-3-13-20/h14-17H,2-13H2,1H3. The third kappa shape index (κ3) is 5.77. The average Bonchev–Trinajstić information content (AvgIpc) is 2.60. The van der Waals surface area contributed by atoms with E-state index in [4.69, 9.17) is 16.3 Å². The smallest absolute Gasteiger partial charge is 0.309 e. The number of ether oxygens (including phenoxy) is 1. The van der Waals surface area contributed by atoms with E-state index >= 15 is 0 Å². The van der Waals surface area contributed by atoms with Crippen LogP contribution in [-0.2, 0) is 14.3 Å². The Hall–Kier alpha value is -0.570. The number of alkyl halides is 1. The lowest BCUT2D eigenvalue weighted by Crippen LogP contribution is -2.31. The molecule has 2 saturated carbocycles. The molecule has 0 radical (unpaired) electrons. The Balaban J connectivity index is 1.67. The van der Waals surface area contributed by atoms with E-state index in [0.29, 0.717) is 12.2 Å². The minimum Gasteiger partial charge on any atom is -0.462 e. The van der Waals surface area contributed by atoms with Gasteiger partial charge in [0.15, 0.2) is 0 Å². The van der Waals surface area contributed by atoms with E-state index in [0.717, 1.165) is 69.6 Å². The van der Waals surface area contributed by atoms with Crippen LogP contribution >= 0.6 is 11.6 Å².